The quantitative estimate of drug-likeness (QED) is 0.913. The molecule has 6 heteroatoms. The molecule has 6 nitrogen and oxygen atoms in total. The zero-order valence-corrected chi connectivity index (χ0v) is 11.7. The number of aryl methyl sites for hydroxylation is 1. The van der Waals surface area contributed by atoms with Crippen LogP contribution < -0.4 is 5.32 Å². The van der Waals surface area contributed by atoms with Crippen molar-refractivity contribution in [3.05, 3.63) is 29.7 Å². The summed E-state index contributed by atoms with van der Waals surface area (Å²) < 4.78 is 7.17. The average molecular weight is 274 g/mol. The normalized spacial score (nSPS) is 16.9. The van der Waals surface area contributed by atoms with Crippen LogP contribution in [0.2, 0.25) is 0 Å². The van der Waals surface area contributed by atoms with Gasteiger partial charge in [-0.25, -0.2) is 9.50 Å². The lowest BCUT2D eigenvalue weighted by Crippen LogP contribution is -2.49. The second kappa shape index (κ2) is 4.86. The highest BCUT2D eigenvalue weighted by atomic mass is 16.5. The molecule has 0 radical (unpaired) electrons. The number of aromatic nitrogens is 3. The number of carbonyl (C=O) groups excluding carboxylic acids is 1. The van der Waals surface area contributed by atoms with Gasteiger partial charge in [0.05, 0.1) is 11.8 Å². The number of hydrogen-bond donors (Lipinski definition) is 1. The molecule has 1 saturated carbocycles. The molecule has 1 amide bonds. The summed E-state index contributed by atoms with van der Waals surface area (Å²) in [6.45, 7) is 2.46. The third-order valence-corrected chi connectivity index (χ3v) is 4.10. The van der Waals surface area contributed by atoms with E-state index in [0.717, 1.165) is 25.0 Å². The number of methoxy groups -OCH3 is 1. The topological polar surface area (TPSA) is 68.5 Å². The maximum absolute atomic E-state index is 12.3. The third kappa shape index (κ3) is 2.06. The van der Waals surface area contributed by atoms with Crippen LogP contribution in [0.4, 0.5) is 0 Å². The third-order valence-electron chi connectivity index (χ3n) is 4.10. The lowest BCUT2D eigenvalue weighted by atomic mass is 9.80. The van der Waals surface area contributed by atoms with Gasteiger partial charge in [0.2, 0.25) is 0 Å². The number of carbonyl (C=O) groups is 1. The van der Waals surface area contributed by atoms with Crippen LogP contribution in [0.1, 0.15) is 35.3 Å². The highest BCUT2D eigenvalue weighted by molar-refractivity contribution is 5.99. The minimum atomic E-state index is -0.179. The Kier molecular flexibility index (Phi) is 3.17. The Labute approximate surface area is 117 Å². The van der Waals surface area contributed by atoms with Crippen molar-refractivity contribution in [2.75, 3.05) is 13.7 Å². The van der Waals surface area contributed by atoms with Crippen LogP contribution in [0.3, 0.4) is 0 Å². The molecule has 0 atom stereocenters. The molecule has 0 aliphatic heterocycles. The first-order valence-electron chi connectivity index (χ1n) is 6.78. The van der Waals surface area contributed by atoms with E-state index in [1.807, 2.05) is 13.0 Å². The van der Waals surface area contributed by atoms with Gasteiger partial charge in [0.1, 0.15) is 5.56 Å². The van der Waals surface area contributed by atoms with E-state index in [9.17, 15) is 4.79 Å². The average Bonchev–Trinajstić information content (AvgIpc) is 2.83. The van der Waals surface area contributed by atoms with Gasteiger partial charge >= 0.3 is 0 Å². The van der Waals surface area contributed by atoms with Crippen LogP contribution in [-0.2, 0) is 4.74 Å². The first-order valence-corrected chi connectivity index (χ1v) is 6.78. The predicted octanol–water partition coefficient (Wildman–Crippen LogP) is 1.34. The fourth-order valence-corrected chi connectivity index (χ4v) is 2.53. The SMILES string of the molecule is COC1(CNC(=O)c2cnn3c(C)ccnc23)CCC1. The Morgan fingerprint density at radius 2 is 2.35 bits per heavy atom. The van der Waals surface area contributed by atoms with Crippen LogP contribution in [0.25, 0.3) is 5.65 Å². The first-order chi connectivity index (χ1) is 9.65. The maximum Gasteiger partial charge on any atom is 0.256 e. The van der Waals surface area contributed by atoms with Crippen LogP contribution in [0.15, 0.2) is 18.5 Å². The van der Waals surface area contributed by atoms with Gasteiger partial charge in [0.25, 0.3) is 5.91 Å². The van der Waals surface area contributed by atoms with Gasteiger partial charge in [-0.15, -0.1) is 0 Å². The van der Waals surface area contributed by atoms with E-state index in [0.29, 0.717) is 17.8 Å². The van der Waals surface area contributed by atoms with Crippen molar-refractivity contribution in [1.82, 2.24) is 19.9 Å². The molecule has 1 N–H and O–H groups in total. The highest BCUT2D eigenvalue weighted by Crippen LogP contribution is 2.34. The smallest absolute Gasteiger partial charge is 0.256 e. The van der Waals surface area contributed by atoms with E-state index >= 15 is 0 Å². The van der Waals surface area contributed by atoms with Crippen molar-refractivity contribution >= 4 is 11.6 Å². The summed E-state index contributed by atoms with van der Waals surface area (Å²) in [7, 11) is 1.70. The first kappa shape index (κ1) is 13.1. The lowest BCUT2D eigenvalue weighted by Gasteiger charge is -2.40. The predicted molar refractivity (Wildman–Crippen MR) is 73.6 cm³/mol. The fraction of sp³-hybridized carbons (Fsp3) is 0.500. The Morgan fingerprint density at radius 1 is 1.55 bits per heavy atom. The zero-order chi connectivity index (χ0) is 14.2. The van der Waals surface area contributed by atoms with E-state index < -0.39 is 0 Å². The largest absolute Gasteiger partial charge is 0.376 e. The molecule has 106 valence electrons. The van der Waals surface area contributed by atoms with Gasteiger partial charge in [-0.1, -0.05) is 0 Å². The molecule has 3 rings (SSSR count). The van der Waals surface area contributed by atoms with Crippen molar-refractivity contribution in [3.63, 3.8) is 0 Å². The summed E-state index contributed by atoms with van der Waals surface area (Å²) in [5.74, 6) is -0.151. The molecule has 0 aromatic carbocycles. The molecule has 2 aromatic rings. The summed E-state index contributed by atoms with van der Waals surface area (Å²) in [6, 6.07) is 1.86. The molecule has 2 aromatic heterocycles. The van der Waals surface area contributed by atoms with Crippen molar-refractivity contribution < 1.29 is 9.53 Å². The standard InChI is InChI=1S/C14H18N4O2/c1-10-4-7-15-12-11(8-17-18(10)12)13(19)16-9-14(20-2)5-3-6-14/h4,7-8H,3,5-6,9H2,1-2H3,(H,16,19). The van der Waals surface area contributed by atoms with Crippen molar-refractivity contribution in [1.29, 1.82) is 0 Å². The monoisotopic (exact) mass is 274 g/mol. The van der Waals surface area contributed by atoms with Gasteiger partial charge in [0.15, 0.2) is 5.65 Å². The van der Waals surface area contributed by atoms with E-state index in [1.54, 1.807) is 24.0 Å². The number of amides is 1. The molecule has 1 aliphatic carbocycles. The van der Waals surface area contributed by atoms with Crippen LogP contribution >= 0.6 is 0 Å². The molecule has 0 bridgehead atoms. The molecular weight excluding hydrogens is 256 g/mol. The molecule has 0 unspecified atom stereocenters. The van der Waals surface area contributed by atoms with Crippen LogP contribution in [0, 0.1) is 6.92 Å². The maximum atomic E-state index is 12.3. The number of hydrogen-bond acceptors (Lipinski definition) is 4. The van der Waals surface area contributed by atoms with E-state index in [2.05, 4.69) is 15.4 Å². The van der Waals surface area contributed by atoms with Gasteiger partial charge in [0, 0.05) is 25.5 Å². The summed E-state index contributed by atoms with van der Waals surface area (Å²) >= 11 is 0. The van der Waals surface area contributed by atoms with Crippen molar-refractivity contribution in [2.24, 2.45) is 0 Å². The van der Waals surface area contributed by atoms with Gasteiger partial charge in [-0.2, -0.15) is 5.10 Å². The molecule has 0 saturated heterocycles. The number of nitrogens with zero attached hydrogens (tertiary/aromatic N) is 3. The lowest BCUT2D eigenvalue weighted by molar-refractivity contribution is -0.0679. The Hall–Kier alpha value is -1.95. The van der Waals surface area contributed by atoms with Crippen molar-refractivity contribution in [2.45, 2.75) is 31.8 Å². The second-order valence-electron chi connectivity index (χ2n) is 5.30. The van der Waals surface area contributed by atoms with Crippen LogP contribution in [0.5, 0.6) is 0 Å². The molecule has 20 heavy (non-hydrogen) atoms. The van der Waals surface area contributed by atoms with Gasteiger partial charge in [-0.3, -0.25) is 4.79 Å². The molecule has 1 fully saturated rings. The van der Waals surface area contributed by atoms with Gasteiger partial charge in [-0.05, 0) is 32.3 Å². The number of fused-ring (bicyclic) bond motifs is 1. The van der Waals surface area contributed by atoms with E-state index in [4.69, 9.17) is 4.74 Å². The highest BCUT2D eigenvalue weighted by Gasteiger charge is 2.37. The van der Waals surface area contributed by atoms with Gasteiger partial charge < -0.3 is 10.1 Å². The second-order valence-corrected chi connectivity index (χ2v) is 5.30. The summed E-state index contributed by atoms with van der Waals surface area (Å²) in [6.07, 6.45) is 6.39. The fourth-order valence-electron chi connectivity index (χ4n) is 2.53. The number of nitrogens with one attached hydrogen (secondary N) is 1. The minimum absolute atomic E-state index is 0.151. The van der Waals surface area contributed by atoms with E-state index in [1.165, 1.54) is 0 Å². The number of rotatable bonds is 4. The zero-order valence-electron chi connectivity index (χ0n) is 11.7. The number of ether oxygens (including phenoxy) is 1. The van der Waals surface area contributed by atoms with E-state index in [-0.39, 0.29) is 11.5 Å². The van der Waals surface area contributed by atoms with Crippen LogP contribution in [-0.4, -0.2) is 39.8 Å². The molecule has 1 aliphatic rings. The summed E-state index contributed by atoms with van der Waals surface area (Å²) in [4.78, 5) is 16.5. The molecular formula is C14H18N4O2. The summed E-state index contributed by atoms with van der Waals surface area (Å²) in [5.41, 5.74) is 1.85. The molecule has 2 heterocycles. The Morgan fingerprint density at radius 3 is 3.00 bits per heavy atom. The van der Waals surface area contributed by atoms with Crippen molar-refractivity contribution in [3.8, 4) is 0 Å². The Balaban J connectivity index is 1.77. The Bertz CT molecular complexity index is 640. The minimum Gasteiger partial charge on any atom is -0.376 e. The summed E-state index contributed by atoms with van der Waals surface area (Å²) in [5, 5.41) is 7.13. The molecule has 0 spiro atoms.